The molecular formula is C12H16N2O6. The Morgan fingerprint density at radius 2 is 2.20 bits per heavy atom. The molecule has 1 saturated heterocycles. The number of amides is 1. The van der Waals surface area contributed by atoms with Crippen molar-refractivity contribution >= 4 is 11.9 Å². The monoisotopic (exact) mass is 284 g/mol. The summed E-state index contributed by atoms with van der Waals surface area (Å²) in [5.41, 5.74) is -1.28. The largest absolute Gasteiger partial charge is 0.480 e. The van der Waals surface area contributed by atoms with Gasteiger partial charge in [0.25, 0.3) is 5.91 Å². The Labute approximate surface area is 115 Å². The van der Waals surface area contributed by atoms with Crippen molar-refractivity contribution in [3.8, 4) is 0 Å². The van der Waals surface area contributed by atoms with Gasteiger partial charge in [0.2, 0.25) is 0 Å². The number of ether oxygens (including phenoxy) is 2. The first-order chi connectivity index (χ1) is 9.57. The van der Waals surface area contributed by atoms with Crippen LogP contribution in [0.15, 0.2) is 10.6 Å². The van der Waals surface area contributed by atoms with Gasteiger partial charge < -0.3 is 24.4 Å². The second-order valence-corrected chi connectivity index (χ2v) is 4.57. The third-order valence-corrected chi connectivity index (χ3v) is 3.19. The van der Waals surface area contributed by atoms with E-state index in [1.165, 1.54) is 13.2 Å². The SMILES string of the molecule is COCc1cc(C(=O)NC2(C(=O)O)CCOCC2)no1. The maximum Gasteiger partial charge on any atom is 0.329 e. The van der Waals surface area contributed by atoms with Crippen molar-refractivity contribution in [2.75, 3.05) is 20.3 Å². The van der Waals surface area contributed by atoms with Gasteiger partial charge in [0, 0.05) is 39.2 Å². The molecule has 1 aromatic heterocycles. The molecule has 2 rings (SSSR count). The van der Waals surface area contributed by atoms with Crippen LogP contribution in [0.4, 0.5) is 0 Å². The summed E-state index contributed by atoms with van der Waals surface area (Å²) in [5.74, 6) is -1.26. The van der Waals surface area contributed by atoms with Crippen molar-refractivity contribution in [3.63, 3.8) is 0 Å². The van der Waals surface area contributed by atoms with Crippen LogP contribution < -0.4 is 5.32 Å². The molecule has 1 fully saturated rings. The minimum atomic E-state index is -1.31. The molecular weight excluding hydrogens is 268 g/mol. The van der Waals surface area contributed by atoms with Gasteiger partial charge in [0.1, 0.15) is 12.1 Å². The van der Waals surface area contributed by atoms with E-state index in [1.807, 2.05) is 0 Å². The minimum absolute atomic E-state index is 0.0316. The van der Waals surface area contributed by atoms with Gasteiger partial charge in [0.05, 0.1) is 0 Å². The summed E-state index contributed by atoms with van der Waals surface area (Å²) in [4.78, 5) is 23.5. The van der Waals surface area contributed by atoms with E-state index >= 15 is 0 Å². The van der Waals surface area contributed by atoms with Crippen molar-refractivity contribution in [1.82, 2.24) is 10.5 Å². The number of hydrogen-bond acceptors (Lipinski definition) is 6. The Morgan fingerprint density at radius 3 is 2.80 bits per heavy atom. The van der Waals surface area contributed by atoms with Crippen molar-refractivity contribution in [2.45, 2.75) is 25.0 Å². The van der Waals surface area contributed by atoms with E-state index in [9.17, 15) is 14.7 Å². The van der Waals surface area contributed by atoms with Crippen LogP contribution in [0.5, 0.6) is 0 Å². The van der Waals surface area contributed by atoms with E-state index in [0.29, 0.717) is 19.0 Å². The molecule has 0 spiro atoms. The first kappa shape index (κ1) is 14.5. The summed E-state index contributed by atoms with van der Waals surface area (Å²) < 4.78 is 14.9. The Kier molecular flexibility index (Phi) is 4.35. The van der Waals surface area contributed by atoms with Gasteiger partial charge >= 0.3 is 5.97 Å². The first-order valence-corrected chi connectivity index (χ1v) is 6.15. The van der Waals surface area contributed by atoms with Crippen LogP contribution >= 0.6 is 0 Å². The van der Waals surface area contributed by atoms with E-state index < -0.39 is 17.4 Å². The van der Waals surface area contributed by atoms with Gasteiger partial charge in [0.15, 0.2) is 11.5 Å². The van der Waals surface area contributed by atoms with E-state index in [2.05, 4.69) is 10.5 Å². The van der Waals surface area contributed by atoms with Crippen molar-refractivity contribution < 1.29 is 28.7 Å². The average molecular weight is 284 g/mol. The number of carboxylic acids is 1. The molecule has 0 radical (unpaired) electrons. The molecule has 0 bridgehead atoms. The smallest absolute Gasteiger partial charge is 0.329 e. The molecule has 1 aromatic rings. The summed E-state index contributed by atoms with van der Waals surface area (Å²) in [5, 5.41) is 15.5. The lowest BCUT2D eigenvalue weighted by Gasteiger charge is -2.33. The maximum atomic E-state index is 12.1. The molecule has 1 amide bonds. The highest BCUT2D eigenvalue weighted by Crippen LogP contribution is 2.21. The zero-order chi connectivity index (χ0) is 14.6. The molecule has 0 aliphatic carbocycles. The van der Waals surface area contributed by atoms with Crippen LogP contribution in [0.2, 0.25) is 0 Å². The number of methoxy groups -OCH3 is 1. The van der Waals surface area contributed by atoms with Crippen molar-refractivity contribution in [1.29, 1.82) is 0 Å². The Bertz CT molecular complexity index is 492. The fraction of sp³-hybridized carbons (Fsp3) is 0.583. The quantitative estimate of drug-likeness (QED) is 0.793. The number of aromatic nitrogens is 1. The predicted molar refractivity (Wildman–Crippen MR) is 65.1 cm³/mol. The highest BCUT2D eigenvalue weighted by molar-refractivity contribution is 5.96. The van der Waals surface area contributed by atoms with E-state index in [-0.39, 0.29) is 25.1 Å². The summed E-state index contributed by atoms with van der Waals surface area (Å²) in [6.45, 7) is 0.777. The number of carbonyl (C=O) groups excluding carboxylic acids is 1. The number of carbonyl (C=O) groups is 2. The molecule has 20 heavy (non-hydrogen) atoms. The number of nitrogens with zero attached hydrogens (tertiary/aromatic N) is 1. The zero-order valence-electron chi connectivity index (χ0n) is 11.0. The van der Waals surface area contributed by atoms with Crippen LogP contribution in [0.1, 0.15) is 29.1 Å². The number of rotatable bonds is 5. The molecule has 8 heteroatoms. The van der Waals surface area contributed by atoms with Gasteiger partial charge in [-0.15, -0.1) is 0 Å². The zero-order valence-corrected chi connectivity index (χ0v) is 11.0. The van der Waals surface area contributed by atoms with E-state index in [4.69, 9.17) is 14.0 Å². The lowest BCUT2D eigenvalue weighted by atomic mass is 9.90. The Morgan fingerprint density at radius 1 is 1.50 bits per heavy atom. The lowest BCUT2D eigenvalue weighted by Crippen LogP contribution is -2.57. The van der Waals surface area contributed by atoms with Gasteiger partial charge in [-0.1, -0.05) is 5.16 Å². The highest BCUT2D eigenvalue weighted by Gasteiger charge is 2.42. The average Bonchev–Trinajstić information content (AvgIpc) is 2.89. The van der Waals surface area contributed by atoms with E-state index in [1.54, 1.807) is 0 Å². The third-order valence-electron chi connectivity index (χ3n) is 3.19. The van der Waals surface area contributed by atoms with Gasteiger partial charge in [-0.3, -0.25) is 4.79 Å². The van der Waals surface area contributed by atoms with Crippen LogP contribution in [0, 0.1) is 0 Å². The standard InChI is InChI=1S/C12H16N2O6/c1-18-7-8-6-9(14-20-8)10(15)13-12(11(16)17)2-4-19-5-3-12/h6H,2-5,7H2,1H3,(H,13,15)(H,16,17). The fourth-order valence-corrected chi connectivity index (χ4v) is 2.02. The molecule has 110 valence electrons. The van der Waals surface area contributed by atoms with Gasteiger partial charge in [-0.25, -0.2) is 4.79 Å². The van der Waals surface area contributed by atoms with Crippen molar-refractivity contribution in [2.24, 2.45) is 0 Å². The number of carboxylic acid groups (broad SMARTS) is 1. The van der Waals surface area contributed by atoms with Gasteiger partial charge in [-0.2, -0.15) is 0 Å². The fourth-order valence-electron chi connectivity index (χ4n) is 2.02. The van der Waals surface area contributed by atoms with Crippen LogP contribution in [-0.4, -0.2) is 48.0 Å². The minimum Gasteiger partial charge on any atom is -0.480 e. The van der Waals surface area contributed by atoms with Crippen molar-refractivity contribution in [3.05, 3.63) is 17.5 Å². The second-order valence-electron chi connectivity index (χ2n) is 4.57. The second kappa shape index (κ2) is 6.02. The van der Waals surface area contributed by atoms with Crippen LogP contribution in [-0.2, 0) is 20.9 Å². The number of nitrogens with one attached hydrogen (secondary N) is 1. The van der Waals surface area contributed by atoms with Crippen LogP contribution in [0.25, 0.3) is 0 Å². The molecule has 0 unspecified atom stereocenters. The summed E-state index contributed by atoms with van der Waals surface area (Å²) >= 11 is 0. The topological polar surface area (TPSA) is 111 Å². The van der Waals surface area contributed by atoms with Gasteiger partial charge in [-0.05, 0) is 0 Å². The first-order valence-electron chi connectivity index (χ1n) is 6.15. The Hall–Kier alpha value is -1.93. The molecule has 1 aliphatic heterocycles. The number of aliphatic carboxylic acids is 1. The molecule has 2 heterocycles. The maximum absolute atomic E-state index is 12.1. The molecule has 1 aliphatic rings. The predicted octanol–water partition coefficient (Wildman–Crippen LogP) is 0.185. The van der Waals surface area contributed by atoms with Crippen LogP contribution in [0.3, 0.4) is 0 Å². The summed E-state index contributed by atoms with van der Waals surface area (Å²) in [6, 6.07) is 1.42. The molecule has 0 aromatic carbocycles. The molecule has 8 nitrogen and oxygen atoms in total. The summed E-state index contributed by atoms with van der Waals surface area (Å²) in [6.07, 6.45) is 0.438. The third kappa shape index (κ3) is 2.97. The normalized spacial score (nSPS) is 17.6. The Balaban J connectivity index is 2.09. The molecule has 0 atom stereocenters. The number of hydrogen-bond donors (Lipinski definition) is 2. The highest BCUT2D eigenvalue weighted by atomic mass is 16.5. The summed E-state index contributed by atoms with van der Waals surface area (Å²) in [7, 11) is 1.49. The molecule has 2 N–H and O–H groups in total. The lowest BCUT2D eigenvalue weighted by molar-refractivity contribution is -0.148. The van der Waals surface area contributed by atoms with E-state index in [0.717, 1.165) is 0 Å². The molecule has 0 saturated carbocycles.